The number of carboxylic acids is 1. The molecule has 1 rings (SSSR count). The zero-order chi connectivity index (χ0) is 14.4. The van der Waals surface area contributed by atoms with Crippen LogP contribution in [0.25, 0.3) is 0 Å². The van der Waals surface area contributed by atoms with Crippen LogP contribution in [0.2, 0.25) is 0 Å². The Bertz CT molecular complexity index is 436. The number of benzene rings is 1. The summed E-state index contributed by atoms with van der Waals surface area (Å²) in [5.41, 5.74) is 0. The van der Waals surface area contributed by atoms with Gasteiger partial charge >= 0.3 is 5.97 Å². The predicted octanol–water partition coefficient (Wildman–Crippen LogP) is 2.49. The van der Waals surface area contributed by atoms with Crippen molar-refractivity contribution in [3.63, 3.8) is 0 Å². The minimum atomic E-state index is -0.980. The van der Waals surface area contributed by atoms with Gasteiger partial charge in [0.1, 0.15) is 6.04 Å². The number of carbonyl (C=O) groups excluding carboxylic acids is 1. The average Bonchev–Trinajstić information content (AvgIpc) is 2.36. The van der Waals surface area contributed by atoms with E-state index >= 15 is 0 Å². The van der Waals surface area contributed by atoms with Gasteiger partial charge in [0.25, 0.3) is 0 Å². The Morgan fingerprint density at radius 1 is 1.26 bits per heavy atom. The Morgan fingerprint density at radius 2 is 1.84 bits per heavy atom. The van der Waals surface area contributed by atoms with Gasteiger partial charge in [-0.25, -0.2) is 4.79 Å². The van der Waals surface area contributed by atoms with Crippen molar-refractivity contribution in [2.24, 2.45) is 0 Å². The van der Waals surface area contributed by atoms with E-state index in [1.165, 1.54) is 18.7 Å². The van der Waals surface area contributed by atoms with Crippen molar-refractivity contribution in [1.82, 2.24) is 4.90 Å². The first kappa shape index (κ1) is 15.6. The van der Waals surface area contributed by atoms with E-state index in [1.54, 1.807) is 11.8 Å². The molecule has 2 atom stereocenters. The maximum absolute atomic E-state index is 11.5. The molecule has 1 aromatic rings. The third-order valence-corrected chi connectivity index (χ3v) is 3.86. The van der Waals surface area contributed by atoms with E-state index in [2.05, 4.69) is 0 Å². The molecule has 1 amide bonds. The molecular weight excluding hydrogens is 262 g/mol. The number of carbonyl (C=O) groups is 2. The standard InChI is InChI=1S/C14H19NO3S/c1-10(19-13-7-5-4-6-8-13)9-15(12(3)16)11(2)14(17)18/h4-8,10-11H,9H2,1-3H3,(H,17,18)/t10-,11-/m1/s1. The van der Waals surface area contributed by atoms with E-state index in [4.69, 9.17) is 5.11 Å². The van der Waals surface area contributed by atoms with E-state index < -0.39 is 12.0 Å². The summed E-state index contributed by atoms with van der Waals surface area (Å²) in [6.45, 7) is 5.34. The van der Waals surface area contributed by atoms with Gasteiger partial charge < -0.3 is 10.0 Å². The minimum Gasteiger partial charge on any atom is -0.480 e. The molecule has 4 nitrogen and oxygen atoms in total. The zero-order valence-corrected chi connectivity index (χ0v) is 12.2. The van der Waals surface area contributed by atoms with Crippen molar-refractivity contribution in [2.45, 2.75) is 37.0 Å². The van der Waals surface area contributed by atoms with Crippen molar-refractivity contribution in [3.05, 3.63) is 30.3 Å². The molecule has 104 valence electrons. The summed E-state index contributed by atoms with van der Waals surface area (Å²) >= 11 is 1.63. The zero-order valence-electron chi connectivity index (χ0n) is 11.4. The van der Waals surface area contributed by atoms with Gasteiger partial charge in [-0.15, -0.1) is 11.8 Å². The monoisotopic (exact) mass is 281 g/mol. The Kier molecular flexibility index (Phi) is 5.89. The van der Waals surface area contributed by atoms with Crippen LogP contribution in [-0.2, 0) is 9.59 Å². The maximum Gasteiger partial charge on any atom is 0.326 e. The summed E-state index contributed by atoms with van der Waals surface area (Å²) < 4.78 is 0. The van der Waals surface area contributed by atoms with E-state index in [1.807, 2.05) is 37.3 Å². The van der Waals surface area contributed by atoms with E-state index in [9.17, 15) is 9.59 Å². The Hall–Kier alpha value is -1.49. The van der Waals surface area contributed by atoms with E-state index in [0.717, 1.165) is 4.90 Å². The highest BCUT2D eigenvalue weighted by Gasteiger charge is 2.24. The quantitative estimate of drug-likeness (QED) is 0.814. The number of carboxylic acid groups (broad SMARTS) is 1. The number of hydrogen-bond donors (Lipinski definition) is 1. The molecule has 1 N–H and O–H groups in total. The lowest BCUT2D eigenvalue weighted by atomic mass is 10.2. The topological polar surface area (TPSA) is 57.6 Å². The molecular formula is C14H19NO3S. The van der Waals surface area contributed by atoms with Gasteiger partial charge in [0.05, 0.1) is 0 Å². The van der Waals surface area contributed by atoms with Crippen LogP contribution in [-0.4, -0.2) is 39.7 Å². The lowest BCUT2D eigenvalue weighted by molar-refractivity contribution is -0.148. The fraction of sp³-hybridized carbons (Fsp3) is 0.429. The predicted molar refractivity (Wildman–Crippen MR) is 76.2 cm³/mol. The molecule has 0 fully saturated rings. The third kappa shape index (κ3) is 4.95. The second kappa shape index (κ2) is 7.19. The first-order chi connectivity index (χ1) is 8.91. The number of nitrogens with zero attached hydrogens (tertiary/aromatic N) is 1. The highest BCUT2D eigenvalue weighted by Crippen LogP contribution is 2.23. The molecule has 0 unspecified atom stereocenters. The lowest BCUT2D eigenvalue weighted by Crippen LogP contribution is -2.44. The molecule has 19 heavy (non-hydrogen) atoms. The SMILES string of the molecule is CC(=O)N(C[C@@H](C)Sc1ccccc1)[C@H](C)C(=O)O. The fourth-order valence-electron chi connectivity index (χ4n) is 1.74. The average molecular weight is 281 g/mol. The first-order valence-electron chi connectivity index (χ1n) is 6.13. The number of aliphatic carboxylic acids is 1. The molecule has 0 aliphatic heterocycles. The van der Waals surface area contributed by atoms with Crippen LogP contribution in [0.4, 0.5) is 0 Å². The molecule has 0 spiro atoms. The van der Waals surface area contributed by atoms with E-state index in [-0.39, 0.29) is 11.2 Å². The smallest absolute Gasteiger partial charge is 0.326 e. The minimum absolute atomic E-state index is 0.133. The molecule has 1 aromatic carbocycles. The number of amides is 1. The lowest BCUT2D eigenvalue weighted by Gasteiger charge is -2.27. The molecule has 0 radical (unpaired) electrons. The van der Waals surface area contributed by atoms with E-state index in [0.29, 0.717) is 6.54 Å². The molecule has 0 saturated heterocycles. The first-order valence-corrected chi connectivity index (χ1v) is 7.01. The summed E-state index contributed by atoms with van der Waals surface area (Å²) in [6.07, 6.45) is 0. The molecule has 0 heterocycles. The van der Waals surface area contributed by atoms with Gasteiger partial charge in [0, 0.05) is 23.6 Å². The largest absolute Gasteiger partial charge is 0.480 e. The number of thioether (sulfide) groups is 1. The van der Waals surface area contributed by atoms with Gasteiger partial charge in [-0.1, -0.05) is 25.1 Å². The van der Waals surface area contributed by atoms with Gasteiger partial charge in [0.15, 0.2) is 0 Å². The molecule has 0 aliphatic rings. The van der Waals surface area contributed by atoms with Crippen molar-refractivity contribution in [1.29, 1.82) is 0 Å². The second-order valence-corrected chi connectivity index (χ2v) is 5.94. The summed E-state index contributed by atoms with van der Waals surface area (Å²) in [7, 11) is 0. The van der Waals surface area contributed by atoms with Crippen LogP contribution < -0.4 is 0 Å². The van der Waals surface area contributed by atoms with Crippen molar-refractivity contribution in [3.8, 4) is 0 Å². The van der Waals surface area contributed by atoms with Gasteiger partial charge in [-0.3, -0.25) is 4.79 Å². The fourth-order valence-corrected chi connectivity index (χ4v) is 2.75. The van der Waals surface area contributed by atoms with Crippen LogP contribution in [0.15, 0.2) is 35.2 Å². The summed E-state index contributed by atoms with van der Waals surface area (Å²) in [6, 6.07) is 9.06. The van der Waals surface area contributed by atoms with Gasteiger partial charge in [0.2, 0.25) is 5.91 Å². The highest BCUT2D eigenvalue weighted by molar-refractivity contribution is 8.00. The van der Waals surface area contributed by atoms with Crippen molar-refractivity contribution < 1.29 is 14.7 Å². The summed E-state index contributed by atoms with van der Waals surface area (Å²) in [5.74, 6) is -1.19. The molecule has 0 bridgehead atoms. The van der Waals surface area contributed by atoms with Gasteiger partial charge in [-0.2, -0.15) is 0 Å². The number of rotatable bonds is 6. The van der Waals surface area contributed by atoms with Crippen LogP contribution in [0.1, 0.15) is 20.8 Å². The normalized spacial score (nSPS) is 13.6. The van der Waals surface area contributed by atoms with Crippen LogP contribution in [0, 0.1) is 0 Å². The maximum atomic E-state index is 11.5. The number of hydrogen-bond acceptors (Lipinski definition) is 3. The molecule has 0 aromatic heterocycles. The van der Waals surface area contributed by atoms with Crippen molar-refractivity contribution in [2.75, 3.05) is 6.54 Å². The van der Waals surface area contributed by atoms with Crippen LogP contribution in [0.5, 0.6) is 0 Å². The molecule has 0 aliphatic carbocycles. The van der Waals surface area contributed by atoms with Crippen LogP contribution >= 0.6 is 11.8 Å². The second-order valence-electron chi connectivity index (χ2n) is 4.43. The van der Waals surface area contributed by atoms with Crippen LogP contribution in [0.3, 0.4) is 0 Å². The Balaban J connectivity index is 2.64. The Morgan fingerprint density at radius 3 is 2.32 bits per heavy atom. The summed E-state index contributed by atoms with van der Waals surface area (Å²) in [5, 5.41) is 9.14. The van der Waals surface area contributed by atoms with Gasteiger partial charge in [-0.05, 0) is 19.1 Å². The van der Waals surface area contributed by atoms with Crippen molar-refractivity contribution >= 4 is 23.6 Å². The third-order valence-electron chi connectivity index (χ3n) is 2.76. The molecule has 0 saturated carbocycles. The molecule has 5 heteroatoms. The highest BCUT2D eigenvalue weighted by atomic mass is 32.2. The Labute approximate surface area is 117 Å². The summed E-state index contributed by atoms with van der Waals surface area (Å²) in [4.78, 5) is 25.0.